The van der Waals surface area contributed by atoms with Crippen LogP contribution in [-0.4, -0.2) is 26.6 Å². The normalized spacial score (nSPS) is 23.3. The highest BCUT2D eigenvalue weighted by molar-refractivity contribution is 7.90. The third-order valence-electron chi connectivity index (χ3n) is 3.57. The van der Waals surface area contributed by atoms with Crippen LogP contribution >= 0.6 is 0 Å². The Labute approximate surface area is 114 Å². The van der Waals surface area contributed by atoms with E-state index in [4.69, 9.17) is 0 Å². The Balaban J connectivity index is 2.04. The zero-order valence-corrected chi connectivity index (χ0v) is 12.0. The molecule has 4 nitrogen and oxygen atoms in total. The molecule has 1 aromatic carbocycles. The number of nitrogens with one attached hydrogen (secondary N) is 1. The van der Waals surface area contributed by atoms with E-state index >= 15 is 0 Å². The second-order valence-electron chi connectivity index (χ2n) is 5.39. The molecule has 1 amide bonds. The minimum atomic E-state index is -3.21. The van der Waals surface area contributed by atoms with Gasteiger partial charge < -0.3 is 5.32 Å². The lowest BCUT2D eigenvalue weighted by Gasteiger charge is -2.12. The molecule has 0 bridgehead atoms. The number of benzene rings is 1. The van der Waals surface area contributed by atoms with E-state index in [9.17, 15) is 13.2 Å². The first-order valence-corrected chi connectivity index (χ1v) is 8.36. The van der Waals surface area contributed by atoms with Gasteiger partial charge in [-0.15, -0.1) is 0 Å². The average molecular weight is 281 g/mol. The highest BCUT2D eigenvalue weighted by Crippen LogP contribution is 2.24. The van der Waals surface area contributed by atoms with Gasteiger partial charge in [0.05, 0.1) is 4.90 Å². The Bertz CT molecular complexity index is 563. The molecule has 2 unspecified atom stereocenters. The fraction of sp³-hybridized carbons (Fsp3) is 0.500. The number of carbonyl (C=O) groups is 1. The van der Waals surface area contributed by atoms with E-state index in [1.165, 1.54) is 12.1 Å². The van der Waals surface area contributed by atoms with Crippen molar-refractivity contribution in [3.05, 3.63) is 29.8 Å². The van der Waals surface area contributed by atoms with Crippen molar-refractivity contribution in [2.45, 2.75) is 37.1 Å². The van der Waals surface area contributed by atoms with Crippen molar-refractivity contribution in [2.24, 2.45) is 5.92 Å². The molecule has 0 aromatic heterocycles. The van der Waals surface area contributed by atoms with Crippen molar-refractivity contribution in [1.29, 1.82) is 0 Å². The van der Waals surface area contributed by atoms with Gasteiger partial charge in [-0.3, -0.25) is 4.79 Å². The van der Waals surface area contributed by atoms with E-state index in [0.29, 0.717) is 11.5 Å². The molecule has 0 heterocycles. The molecule has 2 rings (SSSR count). The van der Waals surface area contributed by atoms with Gasteiger partial charge in [-0.1, -0.05) is 6.92 Å². The van der Waals surface area contributed by atoms with Crippen molar-refractivity contribution in [1.82, 2.24) is 5.32 Å². The molecule has 1 N–H and O–H groups in total. The summed E-state index contributed by atoms with van der Waals surface area (Å²) in [5.74, 6) is 0.539. The molecule has 19 heavy (non-hydrogen) atoms. The van der Waals surface area contributed by atoms with E-state index in [2.05, 4.69) is 12.2 Å². The van der Waals surface area contributed by atoms with Gasteiger partial charge in [0.2, 0.25) is 0 Å². The Morgan fingerprint density at radius 1 is 1.21 bits per heavy atom. The van der Waals surface area contributed by atoms with Crippen LogP contribution in [0.5, 0.6) is 0 Å². The summed E-state index contributed by atoms with van der Waals surface area (Å²) in [5, 5.41) is 3.00. The zero-order valence-electron chi connectivity index (χ0n) is 11.2. The van der Waals surface area contributed by atoms with E-state index < -0.39 is 9.84 Å². The summed E-state index contributed by atoms with van der Waals surface area (Å²) in [7, 11) is -3.21. The van der Waals surface area contributed by atoms with Crippen molar-refractivity contribution >= 4 is 15.7 Å². The summed E-state index contributed by atoms with van der Waals surface area (Å²) >= 11 is 0. The second-order valence-corrected chi connectivity index (χ2v) is 7.40. The first-order chi connectivity index (χ1) is 8.86. The maximum Gasteiger partial charge on any atom is 0.251 e. The molecule has 1 fully saturated rings. The fourth-order valence-corrected chi connectivity index (χ4v) is 3.09. The molecule has 0 aliphatic heterocycles. The number of carbonyl (C=O) groups excluding carboxylic acids is 1. The van der Waals surface area contributed by atoms with Crippen LogP contribution in [-0.2, 0) is 9.84 Å². The molecule has 2 atom stereocenters. The molecule has 104 valence electrons. The maximum absolute atomic E-state index is 12.0. The molecular weight excluding hydrogens is 262 g/mol. The molecule has 5 heteroatoms. The van der Waals surface area contributed by atoms with Crippen LogP contribution < -0.4 is 5.32 Å². The minimum absolute atomic E-state index is 0.126. The van der Waals surface area contributed by atoms with Gasteiger partial charge in [0.15, 0.2) is 9.84 Å². The number of hydrogen-bond donors (Lipinski definition) is 1. The lowest BCUT2D eigenvalue weighted by atomic mass is 10.1. The van der Waals surface area contributed by atoms with Gasteiger partial charge in [-0.2, -0.15) is 0 Å². The number of amides is 1. The topological polar surface area (TPSA) is 63.2 Å². The SMILES string of the molecule is CC1CCC(NC(=O)c2ccc(S(C)(=O)=O)cc2)C1. The van der Waals surface area contributed by atoms with Crippen molar-refractivity contribution in [3.8, 4) is 0 Å². The van der Waals surface area contributed by atoms with Crippen LogP contribution in [0, 0.1) is 5.92 Å². The summed E-state index contributed by atoms with van der Waals surface area (Å²) in [6, 6.07) is 6.31. The summed E-state index contributed by atoms with van der Waals surface area (Å²) < 4.78 is 22.7. The van der Waals surface area contributed by atoms with Crippen molar-refractivity contribution in [3.63, 3.8) is 0 Å². The first kappa shape index (κ1) is 14.1. The van der Waals surface area contributed by atoms with Crippen LogP contribution in [0.25, 0.3) is 0 Å². The number of hydrogen-bond acceptors (Lipinski definition) is 3. The summed E-state index contributed by atoms with van der Waals surface area (Å²) in [6.07, 6.45) is 4.35. The highest BCUT2D eigenvalue weighted by atomic mass is 32.2. The van der Waals surface area contributed by atoms with Gasteiger partial charge in [0.25, 0.3) is 5.91 Å². The van der Waals surface area contributed by atoms with Crippen molar-refractivity contribution in [2.75, 3.05) is 6.26 Å². The minimum Gasteiger partial charge on any atom is -0.349 e. The maximum atomic E-state index is 12.0. The van der Waals surface area contributed by atoms with Gasteiger partial charge in [0, 0.05) is 17.9 Å². The Kier molecular flexibility index (Phi) is 3.94. The molecule has 1 aromatic rings. The molecule has 0 spiro atoms. The standard InChI is InChI=1S/C14H19NO3S/c1-10-3-6-12(9-10)15-14(16)11-4-7-13(8-5-11)19(2,17)18/h4-5,7-8,10,12H,3,6,9H2,1-2H3,(H,15,16). The van der Waals surface area contributed by atoms with Gasteiger partial charge in [-0.25, -0.2) is 8.42 Å². The molecule has 0 saturated heterocycles. The van der Waals surface area contributed by atoms with Crippen LogP contribution in [0.4, 0.5) is 0 Å². The van der Waals surface area contributed by atoms with Gasteiger partial charge >= 0.3 is 0 Å². The van der Waals surface area contributed by atoms with Crippen LogP contribution in [0.15, 0.2) is 29.2 Å². The molecule has 1 aliphatic carbocycles. The summed E-state index contributed by atoms with van der Waals surface area (Å²) in [5.41, 5.74) is 0.506. The van der Waals surface area contributed by atoms with Crippen LogP contribution in [0.3, 0.4) is 0 Å². The number of rotatable bonds is 3. The zero-order chi connectivity index (χ0) is 14.0. The van der Waals surface area contributed by atoms with Crippen molar-refractivity contribution < 1.29 is 13.2 Å². The first-order valence-electron chi connectivity index (χ1n) is 6.47. The van der Waals surface area contributed by atoms with Crippen LogP contribution in [0.2, 0.25) is 0 Å². The quantitative estimate of drug-likeness (QED) is 0.921. The van der Waals surface area contributed by atoms with Gasteiger partial charge in [-0.05, 0) is 49.4 Å². The van der Waals surface area contributed by atoms with E-state index in [1.807, 2.05) is 0 Å². The third kappa shape index (κ3) is 3.56. The molecule has 1 aliphatic rings. The molecular formula is C14H19NO3S. The summed E-state index contributed by atoms with van der Waals surface area (Å²) in [4.78, 5) is 12.2. The van der Waals surface area contributed by atoms with E-state index in [1.54, 1.807) is 12.1 Å². The van der Waals surface area contributed by atoms with E-state index in [0.717, 1.165) is 25.5 Å². The fourth-order valence-electron chi connectivity index (χ4n) is 2.46. The van der Waals surface area contributed by atoms with Crippen LogP contribution in [0.1, 0.15) is 36.5 Å². The third-order valence-corrected chi connectivity index (χ3v) is 4.70. The predicted octanol–water partition coefficient (Wildman–Crippen LogP) is 2.01. The van der Waals surface area contributed by atoms with Gasteiger partial charge in [0.1, 0.15) is 0 Å². The molecule has 1 saturated carbocycles. The lowest BCUT2D eigenvalue weighted by Crippen LogP contribution is -2.32. The average Bonchev–Trinajstić information content (AvgIpc) is 2.74. The van der Waals surface area contributed by atoms with E-state index in [-0.39, 0.29) is 16.8 Å². The second kappa shape index (κ2) is 5.33. The highest BCUT2D eigenvalue weighted by Gasteiger charge is 2.23. The molecule has 0 radical (unpaired) electrons. The summed E-state index contributed by atoms with van der Waals surface area (Å²) in [6.45, 7) is 2.19. The monoisotopic (exact) mass is 281 g/mol. The lowest BCUT2D eigenvalue weighted by molar-refractivity contribution is 0.0937. The Morgan fingerprint density at radius 3 is 2.32 bits per heavy atom. The number of sulfone groups is 1. The Morgan fingerprint density at radius 2 is 1.84 bits per heavy atom. The largest absolute Gasteiger partial charge is 0.349 e. The predicted molar refractivity (Wildman–Crippen MR) is 73.8 cm³/mol. The Hall–Kier alpha value is -1.36. The smallest absolute Gasteiger partial charge is 0.251 e.